The average molecular weight is 528 g/mol. The highest BCUT2D eigenvalue weighted by Crippen LogP contribution is 2.29. The second kappa shape index (κ2) is 13.2. The zero-order valence-corrected chi connectivity index (χ0v) is 21.8. The maximum absolute atomic E-state index is 12.9. The Hall–Kier alpha value is -2.24. The third-order valence-corrected chi connectivity index (χ3v) is 7.43. The summed E-state index contributed by atoms with van der Waals surface area (Å²) in [6, 6.07) is 8.98. The van der Waals surface area contributed by atoms with Gasteiger partial charge in [-0.1, -0.05) is 5.17 Å². The molecule has 194 valence electrons. The maximum atomic E-state index is 12.9. The second-order valence-electron chi connectivity index (χ2n) is 8.81. The third-order valence-electron chi connectivity index (χ3n) is 5.76. The van der Waals surface area contributed by atoms with Crippen molar-refractivity contribution in [2.45, 2.75) is 74.6 Å². The van der Waals surface area contributed by atoms with Crippen molar-refractivity contribution in [3.63, 3.8) is 0 Å². The van der Waals surface area contributed by atoms with Crippen molar-refractivity contribution in [1.29, 1.82) is 0 Å². The summed E-state index contributed by atoms with van der Waals surface area (Å²) in [5.41, 5.74) is 2.94. The first-order chi connectivity index (χ1) is 16.2. The van der Waals surface area contributed by atoms with Gasteiger partial charge in [0.25, 0.3) is 0 Å². The van der Waals surface area contributed by atoms with Crippen LogP contribution in [0.4, 0.5) is 0 Å². The fraction of sp³-hybridized carbons (Fsp3) is 0.500. The third kappa shape index (κ3) is 8.43. The minimum atomic E-state index is -3.84. The van der Waals surface area contributed by atoms with Crippen LogP contribution < -0.4 is 10.2 Å². The Morgan fingerprint density at radius 2 is 1.83 bits per heavy atom. The summed E-state index contributed by atoms with van der Waals surface area (Å²) >= 11 is 0. The van der Waals surface area contributed by atoms with Crippen LogP contribution in [0.2, 0.25) is 0 Å². The first kappa shape index (κ1) is 29.0. The number of carbonyl (C=O) groups is 1. The molecule has 1 saturated carbocycles. The monoisotopic (exact) mass is 527 g/mol. The predicted molar refractivity (Wildman–Crippen MR) is 132 cm³/mol. The van der Waals surface area contributed by atoms with Crippen molar-refractivity contribution in [1.82, 2.24) is 15.6 Å². The number of hydrogen-bond donors (Lipinski definition) is 2. The SMILES string of the molecule is COc1ccc(S(=O)(=O)c2cc(CN(O)NC(=O)CC3CCC(OC(C)C)CC3)ccn2)cc1.Cl. The molecule has 0 bridgehead atoms. The highest BCUT2D eigenvalue weighted by Gasteiger charge is 2.25. The number of nitrogens with zero attached hydrogens (tertiary/aromatic N) is 2. The number of nitrogens with one attached hydrogen (secondary N) is 1. The van der Waals surface area contributed by atoms with E-state index in [0.717, 1.165) is 25.7 Å². The molecule has 0 aliphatic heterocycles. The lowest BCUT2D eigenvalue weighted by Crippen LogP contribution is -2.40. The number of halogens is 1. The number of hydrazine groups is 1. The molecule has 1 fully saturated rings. The summed E-state index contributed by atoms with van der Waals surface area (Å²) in [7, 11) is -2.34. The van der Waals surface area contributed by atoms with Crippen LogP contribution in [0.25, 0.3) is 0 Å². The molecule has 9 nitrogen and oxygen atoms in total. The van der Waals surface area contributed by atoms with Crippen molar-refractivity contribution in [3.8, 4) is 5.75 Å². The molecule has 1 aliphatic carbocycles. The van der Waals surface area contributed by atoms with Crippen molar-refractivity contribution >= 4 is 28.2 Å². The fourth-order valence-electron chi connectivity index (χ4n) is 4.09. The quantitative estimate of drug-likeness (QED) is 0.446. The van der Waals surface area contributed by atoms with Crippen molar-refractivity contribution < 1.29 is 27.9 Å². The van der Waals surface area contributed by atoms with Crippen LogP contribution in [0.3, 0.4) is 0 Å². The van der Waals surface area contributed by atoms with E-state index in [9.17, 15) is 18.4 Å². The van der Waals surface area contributed by atoms with E-state index < -0.39 is 9.84 Å². The number of rotatable bonds is 10. The number of carbonyl (C=O) groups excluding carboxylic acids is 1. The highest BCUT2D eigenvalue weighted by atomic mass is 35.5. The smallest absolute Gasteiger partial charge is 0.236 e. The fourth-order valence-corrected chi connectivity index (χ4v) is 5.33. The Bertz CT molecular complexity index is 1060. The maximum Gasteiger partial charge on any atom is 0.236 e. The van der Waals surface area contributed by atoms with E-state index in [4.69, 9.17) is 9.47 Å². The number of sulfone groups is 1. The van der Waals surface area contributed by atoms with Crippen molar-refractivity contribution in [3.05, 3.63) is 48.2 Å². The Labute approximate surface area is 213 Å². The second-order valence-corrected chi connectivity index (χ2v) is 10.7. The lowest BCUT2D eigenvalue weighted by molar-refractivity contribution is -0.166. The van der Waals surface area contributed by atoms with Gasteiger partial charge in [-0.15, -0.1) is 12.4 Å². The standard InChI is InChI=1S/C24H33N3O6S.ClH/c1-17(2)33-21-6-4-18(5-7-21)14-23(28)26-27(29)16-19-12-13-25-24(15-19)34(30,31)22-10-8-20(32-3)9-11-22;/h8-13,15,17-18,21,29H,4-7,14,16H2,1-3H3,(H,26,28);1H. The molecule has 0 atom stereocenters. The number of hydroxylamine groups is 1. The summed E-state index contributed by atoms with van der Waals surface area (Å²) in [4.78, 5) is 16.4. The molecule has 1 aromatic carbocycles. The van der Waals surface area contributed by atoms with Crippen LogP contribution in [0, 0.1) is 5.92 Å². The minimum Gasteiger partial charge on any atom is -0.497 e. The van der Waals surface area contributed by atoms with Gasteiger partial charge >= 0.3 is 0 Å². The molecular formula is C24H34ClN3O6S. The van der Waals surface area contributed by atoms with E-state index >= 15 is 0 Å². The van der Waals surface area contributed by atoms with E-state index in [1.807, 2.05) is 13.8 Å². The highest BCUT2D eigenvalue weighted by molar-refractivity contribution is 7.91. The molecule has 0 saturated heterocycles. The number of ether oxygens (including phenoxy) is 2. The van der Waals surface area contributed by atoms with Crippen LogP contribution in [-0.2, 0) is 25.9 Å². The van der Waals surface area contributed by atoms with Crippen LogP contribution >= 0.6 is 12.4 Å². The van der Waals surface area contributed by atoms with E-state index in [0.29, 0.717) is 22.9 Å². The largest absolute Gasteiger partial charge is 0.497 e. The molecule has 1 heterocycles. The average Bonchev–Trinajstić information content (AvgIpc) is 2.80. The number of hydrogen-bond acceptors (Lipinski definition) is 8. The van der Waals surface area contributed by atoms with Crippen LogP contribution in [0.1, 0.15) is 51.5 Å². The molecule has 11 heteroatoms. The van der Waals surface area contributed by atoms with Crippen molar-refractivity contribution in [2.75, 3.05) is 7.11 Å². The van der Waals surface area contributed by atoms with Gasteiger partial charge in [0.2, 0.25) is 15.7 Å². The molecule has 2 aromatic rings. The lowest BCUT2D eigenvalue weighted by atomic mass is 9.85. The normalized spacial score (nSPS) is 18.2. The number of methoxy groups -OCH3 is 1. The summed E-state index contributed by atoms with van der Waals surface area (Å²) in [5, 5.41) is 10.7. The van der Waals surface area contributed by atoms with E-state index in [-0.39, 0.29) is 52.9 Å². The number of benzene rings is 1. The van der Waals surface area contributed by atoms with Gasteiger partial charge in [0, 0.05) is 12.6 Å². The first-order valence-corrected chi connectivity index (χ1v) is 12.9. The predicted octanol–water partition coefficient (Wildman–Crippen LogP) is 3.94. The van der Waals surface area contributed by atoms with Crippen LogP contribution in [-0.4, -0.2) is 49.0 Å². The van der Waals surface area contributed by atoms with Crippen molar-refractivity contribution in [2.24, 2.45) is 5.92 Å². The number of amides is 1. The van der Waals surface area contributed by atoms with E-state index in [1.54, 1.807) is 18.2 Å². The Morgan fingerprint density at radius 1 is 1.17 bits per heavy atom. The van der Waals surface area contributed by atoms with Gasteiger partial charge in [-0.2, -0.15) is 0 Å². The molecule has 1 amide bonds. The zero-order chi connectivity index (χ0) is 24.7. The molecule has 0 spiro atoms. The Balaban J connectivity index is 0.00000432. The molecular weight excluding hydrogens is 494 g/mol. The Morgan fingerprint density at radius 3 is 2.43 bits per heavy atom. The van der Waals surface area contributed by atoms with Crippen LogP contribution in [0.5, 0.6) is 5.75 Å². The molecule has 35 heavy (non-hydrogen) atoms. The minimum absolute atomic E-state index is 0. The van der Waals surface area contributed by atoms with E-state index in [2.05, 4.69) is 10.4 Å². The van der Waals surface area contributed by atoms with Gasteiger partial charge in [-0.25, -0.2) is 13.4 Å². The molecule has 1 aliphatic rings. The van der Waals surface area contributed by atoms with Gasteiger partial charge < -0.3 is 9.47 Å². The molecule has 0 unspecified atom stereocenters. The van der Waals surface area contributed by atoms with Gasteiger partial charge in [0.05, 0.1) is 30.8 Å². The first-order valence-electron chi connectivity index (χ1n) is 11.4. The molecule has 0 radical (unpaired) electrons. The van der Waals surface area contributed by atoms with E-state index in [1.165, 1.54) is 31.5 Å². The lowest BCUT2D eigenvalue weighted by Gasteiger charge is -2.29. The molecule has 3 rings (SSSR count). The Kier molecular flexibility index (Phi) is 10.9. The summed E-state index contributed by atoms with van der Waals surface area (Å²) in [6.45, 7) is 3.96. The molecule has 2 N–H and O–H groups in total. The van der Waals surface area contributed by atoms with Gasteiger partial charge in [-0.3, -0.25) is 15.4 Å². The summed E-state index contributed by atoms with van der Waals surface area (Å²) < 4.78 is 36.7. The van der Waals surface area contributed by atoms with Crippen LogP contribution in [0.15, 0.2) is 52.5 Å². The van der Waals surface area contributed by atoms with Gasteiger partial charge in [-0.05, 0) is 87.4 Å². The summed E-state index contributed by atoms with van der Waals surface area (Å²) in [6.07, 6.45) is 5.82. The number of pyridine rings is 1. The summed E-state index contributed by atoms with van der Waals surface area (Å²) in [5.74, 6) is 0.516. The number of aromatic nitrogens is 1. The zero-order valence-electron chi connectivity index (χ0n) is 20.2. The van der Waals surface area contributed by atoms with Gasteiger partial charge in [0.1, 0.15) is 5.75 Å². The topological polar surface area (TPSA) is 118 Å². The molecule has 1 aromatic heterocycles. The van der Waals surface area contributed by atoms with Gasteiger partial charge in [0.15, 0.2) is 5.03 Å².